The highest BCUT2D eigenvalue weighted by molar-refractivity contribution is 7.54. The molecule has 2 aromatic rings. The van der Waals surface area contributed by atoms with Crippen LogP contribution in [0.25, 0.3) is 11.2 Å². The molecular weight excluding hydrogens is 503 g/mol. The van der Waals surface area contributed by atoms with Gasteiger partial charge in [-0.05, 0) is 32.3 Å². The zero-order valence-electron chi connectivity index (χ0n) is 21.9. The maximum Gasteiger partial charge on any atom is 0.363 e. The second kappa shape index (κ2) is 9.49. The zero-order valence-corrected chi connectivity index (χ0v) is 22.8. The molecule has 2 aliphatic rings. The number of aliphatic hydroxyl groups is 3. The summed E-state index contributed by atoms with van der Waals surface area (Å²) in [5, 5.41) is 36.5. The van der Waals surface area contributed by atoms with Crippen molar-refractivity contribution in [2.75, 3.05) is 12.1 Å². The number of rotatable bonds is 9. The molecule has 0 spiro atoms. The number of hydrogen-bond acceptors (Lipinski definition) is 10. The molecule has 0 saturated carbocycles. The molecule has 4 rings (SSSR count). The van der Waals surface area contributed by atoms with Crippen LogP contribution in [0.5, 0.6) is 0 Å². The van der Waals surface area contributed by atoms with E-state index >= 15 is 0 Å². The SMILES string of the molecule is C=C(C)C(C)(O)P(=O)(O)OC(CC)(CC)CC1OC([n+]2cn3c4c(ncnc42)N(C)N=C3C)C(O)C1O. The average Bonchev–Trinajstić information content (AvgIpc) is 3.35. The minimum atomic E-state index is -4.60. The van der Waals surface area contributed by atoms with E-state index in [-0.39, 0.29) is 12.0 Å². The van der Waals surface area contributed by atoms with Gasteiger partial charge in [-0.25, -0.2) is 14.1 Å². The molecular formula is C23H36N6O7P+. The van der Waals surface area contributed by atoms with Crippen LogP contribution >= 0.6 is 7.60 Å². The van der Waals surface area contributed by atoms with Crippen molar-refractivity contribution >= 4 is 30.4 Å². The minimum absolute atomic E-state index is 0.00575. The molecule has 0 radical (unpaired) electrons. The molecule has 1 saturated heterocycles. The van der Waals surface area contributed by atoms with Gasteiger partial charge in [-0.3, -0.25) is 9.09 Å². The molecule has 6 atom stereocenters. The summed E-state index contributed by atoms with van der Waals surface area (Å²) in [6, 6.07) is 0. The van der Waals surface area contributed by atoms with Crippen LogP contribution in [0.1, 0.15) is 60.1 Å². The van der Waals surface area contributed by atoms with Gasteiger partial charge >= 0.3 is 13.2 Å². The Labute approximate surface area is 215 Å². The molecule has 4 heterocycles. The Hall–Kier alpha value is -2.25. The van der Waals surface area contributed by atoms with Gasteiger partial charge in [0, 0.05) is 20.4 Å². The summed E-state index contributed by atoms with van der Waals surface area (Å²) >= 11 is 0. The van der Waals surface area contributed by atoms with Gasteiger partial charge in [0.25, 0.3) is 0 Å². The summed E-state index contributed by atoms with van der Waals surface area (Å²) in [6.45, 7) is 11.6. The number of anilines is 1. The first kappa shape index (κ1) is 27.8. The predicted octanol–water partition coefficient (Wildman–Crippen LogP) is 1.40. The van der Waals surface area contributed by atoms with E-state index in [9.17, 15) is 24.8 Å². The van der Waals surface area contributed by atoms with E-state index in [0.717, 1.165) is 0 Å². The van der Waals surface area contributed by atoms with Crippen molar-refractivity contribution in [2.45, 2.75) is 89.4 Å². The smallest absolute Gasteiger partial charge is 0.363 e. The van der Waals surface area contributed by atoms with Gasteiger partial charge < -0.3 is 24.9 Å². The molecule has 0 amide bonds. The lowest BCUT2D eigenvalue weighted by Gasteiger charge is -2.39. The minimum Gasteiger partial charge on any atom is -0.387 e. The van der Waals surface area contributed by atoms with Crippen LogP contribution < -0.4 is 9.58 Å². The van der Waals surface area contributed by atoms with Crippen molar-refractivity contribution in [3.63, 3.8) is 0 Å². The Bertz CT molecular complexity index is 1290. The van der Waals surface area contributed by atoms with Gasteiger partial charge in [-0.15, -0.1) is 5.10 Å². The second-order valence-corrected chi connectivity index (χ2v) is 12.1. The van der Waals surface area contributed by atoms with E-state index in [1.807, 2.05) is 6.92 Å². The third kappa shape index (κ3) is 4.42. The largest absolute Gasteiger partial charge is 0.387 e. The molecule has 1 fully saturated rings. The van der Waals surface area contributed by atoms with Crippen LogP contribution in [0.3, 0.4) is 0 Å². The molecule has 2 aromatic heterocycles. The number of nitrogens with zero attached hydrogens (tertiary/aromatic N) is 6. The number of hydrazone groups is 1. The van der Waals surface area contributed by atoms with Crippen LogP contribution in [0.15, 0.2) is 29.9 Å². The van der Waals surface area contributed by atoms with Crippen molar-refractivity contribution < 1.29 is 38.6 Å². The molecule has 0 aliphatic carbocycles. The zero-order chi connectivity index (χ0) is 27.5. The Morgan fingerprint density at radius 3 is 2.54 bits per heavy atom. The average molecular weight is 540 g/mol. The van der Waals surface area contributed by atoms with Crippen molar-refractivity contribution in [2.24, 2.45) is 5.10 Å². The van der Waals surface area contributed by atoms with Crippen molar-refractivity contribution in [1.29, 1.82) is 0 Å². The first-order chi connectivity index (χ1) is 17.2. The highest BCUT2D eigenvalue weighted by atomic mass is 31.2. The van der Waals surface area contributed by atoms with E-state index < -0.39 is 43.1 Å². The van der Waals surface area contributed by atoms with Crippen molar-refractivity contribution in [3.05, 3.63) is 24.8 Å². The maximum absolute atomic E-state index is 13.1. The Morgan fingerprint density at radius 2 is 1.95 bits per heavy atom. The standard InChI is InChI=1S/C23H35N6O7P/c1-8-23(9-2,36-37(33,34)22(6,32)13(3)4)10-15-17(30)18(31)21(35-15)29-12-28-14(5)26-27(7)19-16(28)20(29)25-11-24-19/h11-12,15,17-18,21,30-32H,3,8-10H2,1-2,4-7H3/p+1. The normalized spacial score (nSPS) is 27.2. The lowest BCUT2D eigenvalue weighted by atomic mass is 9.88. The van der Waals surface area contributed by atoms with E-state index in [1.54, 1.807) is 41.4 Å². The monoisotopic (exact) mass is 539 g/mol. The molecule has 6 unspecified atom stereocenters. The van der Waals surface area contributed by atoms with Crippen molar-refractivity contribution in [1.82, 2.24) is 14.5 Å². The molecule has 0 aromatic carbocycles. The van der Waals surface area contributed by atoms with Gasteiger partial charge in [0.2, 0.25) is 11.7 Å². The van der Waals surface area contributed by atoms with Crippen LogP contribution in [0.2, 0.25) is 0 Å². The molecule has 37 heavy (non-hydrogen) atoms. The fourth-order valence-corrected chi connectivity index (χ4v) is 6.29. The fraction of sp³-hybridized carbons (Fsp3) is 0.652. The van der Waals surface area contributed by atoms with Crippen molar-refractivity contribution in [3.8, 4) is 0 Å². The molecule has 13 nitrogen and oxygen atoms in total. The Balaban J connectivity index is 1.66. The van der Waals surface area contributed by atoms with E-state index in [0.29, 0.717) is 35.7 Å². The van der Waals surface area contributed by atoms with Gasteiger partial charge in [-0.2, -0.15) is 4.98 Å². The summed E-state index contributed by atoms with van der Waals surface area (Å²) in [7, 11) is -2.83. The maximum atomic E-state index is 13.1. The lowest BCUT2D eigenvalue weighted by Crippen LogP contribution is -2.46. The third-order valence-corrected chi connectivity index (χ3v) is 9.73. The van der Waals surface area contributed by atoms with Gasteiger partial charge in [0.15, 0.2) is 29.7 Å². The first-order valence-corrected chi connectivity index (χ1v) is 13.8. The fourth-order valence-electron chi connectivity index (χ4n) is 4.77. The quantitative estimate of drug-likeness (QED) is 0.208. The molecule has 14 heteroatoms. The topological polar surface area (TPSA) is 167 Å². The molecule has 2 aliphatic heterocycles. The number of aromatic nitrogens is 4. The molecule has 0 bridgehead atoms. The van der Waals surface area contributed by atoms with Crippen LogP contribution in [0.4, 0.5) is 5.82 Å². The predicted molar refractivity (Wildman–Crippen MR) is 135 cm³/mol. The summed E-state index contributed by atoms with van der Waals surface area (Å²) in [4.78, 5) is 19.4. The second-order valence-electron chi connectivity index (χ2n) is 9.99. The van der Waals surface area contributed by atoms with Gasteiger partial charge in [0.1, 0.15) is 12.2 Å². The van der Waals surface area contributed by atoms with Gasteiger partial charge in [0.05, 0.1) is 11.7 Å². The summed E-state index contributed by atoms with van der Waals surface area (Å²) in [6.07, 6.45) is -0.939. The van der Waals surface area contributed by atoms with Gasteiger partial charge in [-0.1, -0.05) is 25.4 Å². The highest BCUT2D eigenvalue weighted by Crippen LogP contribution is 2.60. The van der Waals surface area contributed by atoms with E-state index in [1.165, 1.54) is 20.2 Å². The Morgan fingerprint density at radius 1 is 1.30 bits per heavy atom. The summed E-state index contributed by atoms with van der Waals surface area (Å²) in [5.74, 6) is 1.23. The first-order valence-electron chi connectivity index (χ1n) is 12.2. The van der Waals surface area contributed by atoms with E-state index in [4.69, 9.17) is 9.26 Å². The van der Waals surface area contributed by atoms with Crippen LogP contribution in [-0.2, 0) is 13.8 Å². The number of aliphatic hydroxyl groups excluding tert-OH is 2. The number of hydrogen-bond donors (Lipinski definition) is 4. The number of ether oxygens (including phenoxy) is 1. The number of imidazole rings is 1. The summed E-state index contributed by atoms with van der Waals surface area (Å²) in [5.41, 5.74) is 0.0125. The Kier molecular flexibility index (Phi) is 7.13. The molecule has 4 N–H and O–H groups in total. The molecule has 204 valence electrons. The summed E-state index contributed by atoms with van der Waals surface area (Å²) < 4.78 is 28.5. The lowest BCUT2D eigenvalue weighted by molar-refractivity contribution is -0.745. The van der Waals surface area contributed by atoms with Crippen LogP contribution in [-0.4, -0.2) is 76.9 Å². The highest BCUT2D eigenvalue weighted by Gasteiger charge is 2.53. The van der Waals surface area contributed by atoms with E-state index in [2.05, 4.69) is 21.6 Å². The third-order valence-electron chi connectivity index (χ3n) is 7.61. The van der Waals surface area contributed by atoms with Crippen LogP contribution in [0, 0.1) is 0 Å².